The Bertz CT molecular complexity index is 385. The topological polar surface area (TPSA) is 66.4 Å². The quantitative estimate of drug-likeness (QED) is 0.820. The van der Waals surface area contributed by atoms with Gasteiger partial charge < -0.3 is 5.11 Å². The van der Waals surface area contributed by atoms with Crippen LogP contribution in [0.5, 0.6) is 0 Å². The summed E-state index contributed by atoms with van der Waals surface area (Å²) in [4.78, 5) is 0. The Labute approximate surface area is 110 Å². The maximum Gasteiger partial charge on any atom is 0.212 e. The predicted octanol–water partition coefficient (Wildman–Crippen LogP) is 1.65. The first-order valence-corrected chi connectivity index (χ1v) is 8.64. The Morgan fingerprint density at radius 2 is 1.83 bits per heavy atom. The molecule has 5 heteroatoms. The minimum absolute atomic E-state index is 0.110. The van der Waals surface area contributed by atoms with E-state index >= 15 is 0 Å². The number of rotatable bonds is 4. The van der Waals surface area contributed by atoms with Gasteiger partial charge in [-0.15, -0.1) is 0 Å². The van der Waals surface area contributed by atoms with E-state index < -0.39 is 10.0 Å². The summed E-state index contributed by atoms with van der Waals surface area (Å²) in [5, 5.41) is 9.63. The summed E-state index contributed by atoms with van der Waals surface area (Å²) in [6.07, 6.45) is 5.79. The van der Waals surface area contributed by atoms with Gasteiger partial charge in [0.05, 0.1) is 11.9 Å². The number of aliphatic hydroxyl groups excluding tert-OH is 1. The Balaban J connectivity index is 1.88. The van der Waals surface area contributed by atoms with E-state index in [0.717, 1.165) is 25.7 Å². The van der Waals surface area contributed by atoms with Crippen LogP contribution >= 0.6 is 0 Å². The minimum atomic E-state index is -3.20. The van der Waals surface area contributed by atoms with E-state index in [-0.39, 0.29) is 23.3 Å². The number of nitrogens with one attached hydrogen (secondary N) is 1. The van der Waals surface area contributed by atoms with Gasteiger partial charge in [-0.1, -0.05) is 33.1 Å². The van der Waals surface area contributed by atoms with Crippen molar-refractivity contribution < 1.29 is 13.5 Å². The van der Waals surface area contributed by atoms with Crippen molar-refractivity contribution in [3.05, 3.63) is 0 Å². The summed E-state index contributed by atoms with van der Waals surface area (Å²) >= 11 is 0. The molecule has 0 bridgehead atoms. The van der Waals surface area contributed by atoms with E-state index in [0.29, 0.717) is 12.3 Å². The molecule has 2 rings (SSSR count). The van der Waals surface area contributed by atoms with Crippen LogP contribution in [0.1, 0.15) is 52.4 Å². The highest BCUT2D eigenvalue weighted by atomic mass is 32.2. The van der Waals surface area contributed by atoms with E-state index in [4.69, 9.17) is 0 Å². The van der Waals surface area contributed by atoms with Crippen LogP contribution in [-0.4, -0.2) is 31.4 Å². The number of hydrogen-bond donors (Lipinski definition) is 2. The second kappa shape index (κ2) is 5.10. The maximum absolute atomic E-state index is 12.1. The average molecular weight is 275 g/mol. The third-order valence-electron chi connectivity index (χ3n) is 4.72. The van der Waals surface area contributed by atoms with Crippen LogP contribution < -0.4 is 4.72 Å². The van der Waals surface area contributed by atoms with Crippen molar-refractivity contribution in [3.63, 3.8) is 0 Å². The van der Waals surface area contributed by atoms with E-state index in [1.165, 1.54) is 6.42 Å². The van der Waals surface area contributed by atoms with Gasteiger partial charge in [0.2, 0.25) is 10.0 Å². The molecule has 0 aromatic heterocycles. The van der Waals surface area contributed by atoms with Gasteiger partial charge in [-0.05, 0) is 25.2 Å². The Kier molecular flexibility index (Phi) is 4.04. The third-order valence-corrected chi connectivity index (χ3v) is 6.27. The molecule has 2 atom stereocenters. The number of hydrogen-bond acceptors (Lipinski definition) is 3. The zero-order valence-electron chi connectivity index (χ0n) is 11.4. The molecule has 0 amide bonds. The second-order valence-electron chi connectivity index (χ2n) is 6.53. The summed E-state index contributed by atoms with van der Waals surface area (Å²) in [5.41, 5.74) is -0.334. The molecule has 0 aliphatic heterocycles. The van der Waals surface area contributed by atoms with Crippen LogP contribution in [0.15, 0.2) is 0 Å². The molecule has 2 aliphatic carbocycles. The maximum atomic E-state index is 12.1. The van der Waals surface area contributed by atoms with Crippen molar-refractivity contribution >= 4 is 10.0 Å². The Hall–Kier alpha value is -0.130. The van der Waals surface area contributed by atoms with Gasteiger partial charge in [-0.25, -0.2) is 13.1 Å². The zero-order valence-corrected chi connectivity index (χ0v) is 12.2. The van der Waals surface area contributed by atoms with Crippen LogP contribution in [0.3, 0.4) is 0 Å². The average Bonchev–Trinajstić information content (AvgIpc) is 2.29. The van der Waals surface area contributed by atoms with Gasteiger partial charge in [0.25, 0.3) is 0 Å². The van der Waals surface area contributed by atoms with Gasteiger partial charge >= 0.3 is 0 Å². The summed E-state index contributed by atoms with van der Waals surface area (Å²) in [5.74, 6) is 0.583. The molecule has 2 aliphatic rings. The molecule has 0 heterocycles. The van der Waals surface area contributed by atoms with Gasteiger partial charge in [0, 0.05) is 11.5 Å². The fourth-order valence-electron chi connectivity index (χ4n) is 3.03. The van der Waals surface area contributed by atoms with Crippen molar-refractivity contribution in [2.45, 2.75) is 64.5 Å². The summed E-state index contributed by atoms with van der Waals surface area (Å²) < 4.78 is 27.0. The molecule has 0 aromatic rings. The Morgan fingerprint density at radius 1 is 1.22 bits per heavy atom. The number of aliphatic hydroxyl groups is 1. The lowest BCUT2D eigenvalue weighted by Crippen LogP contribution is -2.61. The lowest BCUT2D eigenvalue weighted by molar-refractivity contribution is -0.0645. The molecule has 0 saturated heterocycles. The Morgan fingerprint density at radius 3 is 2.33 bits per heavy atom. The molecule has 0 aromatic carbocycles. The van der Waals surface area contributed by atoms with Crippen molar-refractivity contribution in [3.8, 4) is 0 Å². The normalized spacial score (nSPS) is 33.1. The van der Waals surface area contributed by atoms with E-state index in [2.05, 4.69) is 4.72 Å². The summed E-state index contributed by atoms with van der Waals surface area (Å²) in [6, 6.07) is -0.110. The van der Waals surface area contributed by atoms with Crippen LogP contribution in [-0.2, 0) is 10.0 Å². The largest absolute Gasteiger partial charge is 0.392 e. The van der Waals surface area contributed by atoms with Crippen LogP contribution in [0.4, 0.5) is 0 Å². The van der Waals surface area contributed by atoms with E-state index in [1.54, 1.807) is 0 Å². The summed E-state index contributed by atoms with van der Waals surface area (Å²) in [6.45, 7) is 3.82. The van der Waals surface area contributed by atoms with Gasteiger partial charge in [-0.2, -0.15) is 0 Å². The lowest BCUT2D eigenvalue weighted by Gasteiger charge is -2.49. The van der Waals surface area contributed by atoms with Gasteiger partial charge in [0.15, 0.2) is 0 Å². The highest BCUT2D eigenvalue weighted by molar-refractivity contribution is 7.89. The molecule has 2 N–H and O–H groups in total. The number of sulfonamides is 1. The van der Waals surface area contributed by atoms with Crippen molar-refractivity contribution in [1.29, 1.82) is 0 Å². The lowest BCUT2D eigenvalue weighted by atomic mass is 9.65. The SMILES string of the molecule is CC1(C)C(O)CC1NS(=O)(=O)CC1CCCCC1. The smallest absolute Gasteiger partial charge is 0.212 e. The molecule has 2 saturated carbocycles. The molecule has 2 unspecified atom stereocenters. The van der Waals surface area contributed by atoms with Gasteiger partial charge in [0.1, 0.15) is 0 Å². The van der Waals surface area contributed by atoms with Crippen molar-refractivity contribution in [1.82, 2.24) is 4.72 Å². The van der Waals surface area contributed by atoms with Crippen molar-refractivity contribution in [2.75, 3.05) is 5.75 Å². The molecule has 2 fully saturated rings. The first kappa shape index (κ1) is 14.3. The minimum Gasteiger partial charge on any atom is -0.392 e. The molecule has 4 nitrogen and oxygen atoms in total. The second-order valence-corrected chi connectivity index (χ2v) is 8.33. The highest BCUT2D eigenvalue weighted by Gasteiger charge is 2.48. The predicted molar refractivity (Wildman–Crippen MR) is 71.7 cm³/mol. The van der Waals surface area contributed by atoms with Gasteiger partial charge in [-0.3, -0.25) is 0 Å². The first-order valence-electron chi connectivity index (χ1n) is 6.99. The van der Waals surface area contributed by atoms with Crippen LogP contribution in [0.25, 0.3) is 0 Å². The molecule has 106 valence electrons. The monoisotopic (exact) mass is 275 g/mol. The van der Waals surface area contributed by atoms with Crippen molar-refractivity contribution in [2.24, 2.45) is 11.3 Å². The van der Waals surface area contributed by atoms with E-state index in [1.807, 2.05) is 13.8 Å². The molecule has 0 spiro atoms. The molecular formula is C13H25NO3S. The zero-order chi connectivity index (χ0) is 13.4. The molecule has 18 heavy (non-hydrogen) atoms. The first-order chi connectivity index (χ1) is 8.31. The fourth-order valence-corrected chi connectivity index (χ4v) is 4.92. The fraction of sp³-hybridized carbons (Fsp3) is 1.00. The summed E-state index contributed by atoms with van der Waals surface area (Å²) in [7, 11) is -3.20. The highest BCUT2D eigenvalue weighted by Crippen LogP contribution is 2.40. The van der Waals surface area contributed by atoms with E-state index in [9.17, 15) is 13.5 Å². The third kappa shape index (κ3) is 3.06. The molecular weight excluding hydrogens is 250 g/mol. The molecule has 0 radical (unpaired) electrons. The van der Waals surface area contributed by atoms with Crippen LogP contribution in [0, 0.1) is 11.3 Å². The van der Waals surface area contributed by atoms with Crippen LogP contribution in [0.2, 0.25) is 0 Å². The standard InChI is InChI=1S/C13H25NO3S/c1-13(2)11(8-12(13)15)14-18(16,17)9-10-6-4-3-5-7-10/h10-12,14-15H,3-9H2,1-2H3.